The van der Waals surface area contributed by atoms with E-state index in [2.05, 4.69) is 41.3 Å². The summed E-state index contributed by atoms with van der Waals surface area (Å²) in [6.07, 6.45) is 2.91. The third kappa shape index (κ3) is 4.28. The molecule has 0 atom stereocenters. The number of rotatable bonds is 7. The van der Waals surface area contributed by atoms with E-state index in [1.165, 1.54) is 28.7 Å². The van der Waals surface area contributed by atoms with E-state index in [1.54, 1.807) is 36.0 Å². The van der Waals surface area contributed by atoms with Crippen LogP contribution in [-0.2, 0) is 12.8 Å². The quantitative estimate of drug-likeness (QED) is 0.239. The summed E-state index contributed by atoms with van der Waals surface area (Å²) in [5.41, 5.74) is 3.83. The molecule has 1 aromatic carbocycles. The van der Waals surface area contributed by atoms with Gasteiger partial charge >= 0.3 is 0 Å². The Bertz CT molecular complexity index is 1240. The average molecular weight is 440 g/mol. The first kappa shape index (κ1) is 20.2. The molecule has 158 valence electrons. The minimum Gasteiger partial charge on any atom is -0.507 e. The molecule has 2 N–H and O–H groups in total. The lowest BCUT2D eigenvalue weighted by molar-refractivity contribution is 0.0949. The minimum absolute atomic E-state index is 0.0428. The summed E-state index contributed by atoms with van der Waals surface area (Å²) in [6, 6.07) is 6.60. The van der Waals surface area contributed by atoms with Gasteiger partial charge in [0.1, 0.15) is 17.8 Å². The second-order valence-corrected chi connectivity index (χ2v) is 7.18. The number of amides is 1. The fraction of sp³-hybridized carbons (Fsp3) is 0.176. The molecule has 0 aliphatic heterocycles. The van der Waals surface area contributed by atoms with E-state index in [4.69, 9.17) is 4.63 Å². The standard InChI is InChI=1S/C17H16N10O3S/c1-10-15(24-30-23-10)27-12(8-31-17-22-19-9-26(17)2)14(20-25-27)16(29)21-18-7-11-5-3-4-6-13(11)28/h3-7,9,28H,8H2,1-2H3,(H,21,29)/b18-7+. The number of phenolic OH excluding ortho intramolecular Hbond substituents is 1. The Morgan fingerprint density at radius 2 is 2.16 bits per heavy atom. The van der Waals surface area contributed by atoms with Crippen LogP contribution < -0.4 is 5.43 Å². The zero-order valence-electron chi connectivity index (χ0n) is 16.4. The van der Waals surface area contributed by atoms with E-state index in [1.807, 2.05) is 7.05 Å². The molecule has 31 heavy (non-hydrogen) atoms. The van der Waals surface area contributed by atoms with E-state index in [0.717, 1.165) is 0 Å². The number of benzene rings is 1. The molecule has 0 radical (unpaired) electrons. The Balaban J connectivity index is 1.59. The van der Waals surface area contributed by atoms with Crippen LogP contribution >= 0.6 is 11.8 Å². The number of aromatic nitrogens is 8. The van der Waals surface area contributed by atoms with Gasteiger partial charge in [-0.05, 0) is 24.2 Å². The highest BCUT2D eigenvalue weighted by molar-refractivity contribution is 7.98. The minimum atomic E-state index is -0.583. The van der Waals surface area contributed by atoms with Gasteiger partial charge in [-0.15, -0.1) is 15.3 Å². The highest BCUT2D eigenvalue weighted by atomic mass is 32.2. The van der Waals surface area contributed by atoms with Crippen LogP contribution in [-0.4, -0.2) is 57.3 Å². The van der Waals surface area contributed by atoms with Gasteiger partial charge in [0.15, 0.2) is 10.9 Å². The van der Waals surface area contributed by atoms with Crippen molar-refractivity contribution in [2.24, 2.45) is 12.1 Å². The lowest BCUT2D eigenvalue weighted by atomic mass is 10.2. The van der Waals surface area contributed by atoms with Crippen LogP contribution in [0.25, 0.3) is 5.82 Å². The largest absolute Gasteiger partial charge is 0.507 e. The van der Waals surface area contributed by atoms with Crippen molar-refractivity contribution in [3.05, 3.63) is 53.2 Å². The lowest BCUT2D eigenvalue weighted by Crippen LogP contribution is -2.20. The molecule has 0 saturated carbocycles. The fourth-order valence-corrected chi connectivity index (χ4v) is 3.42. The van der Waals surface area contributed by atoms with Crippen molar-refractivity contribution in [1.82, 2.24) is 45.5 Å². The van der Waals surface area contributed by atoms with Gasteiger partial charge in [0.05, 0.1) is 11.9 Å². The van der Waals surface area contributed by atoms with E-state index >= 15 is 0 Å². The van der Waals surface area contributed by atoms with Gasteiger partial charge in [-0.3, -0.25) is 4.79 Å². The topological polar surface area (TPSA) is 162 Å². The molecule has 0 spiro atoms. The molecule has 14 heteroatoms. The van der Waals surface area contributed by atoms with Crippen molar-refractivity contribution in [3.63, 3.8) is 0 Å². The molecule has 0 saturated heterocycles. The summed E-state index contributed by atoms with van der Waals surface area (Å²) in [6.45, 7) is 1.70. The molecular formula is C17H16N10O3S. The molecule has 0 bridgehead atoms. The monoisotopic (exact) mass is 440 g/mol. The van der Waals surface area contributed by atoms with Crippen LogP contribution in [0.3, 0.4) is 0 Å². The van der Waals surface area contributed by atoms with Gasteiger partial charge in [0.25, 0.3) is 5.91 Å². The molecule has 3 aromatic heterocycles. The summed E-state index contributed by atoms with van der Waals surface area (Å²) < 4.78 is 7.88. The van der Waals surface area contributed by atoms with Crippen LogP contribution in [0.15, 0.2) is 45.5 Å². The summed E-state index contributed by atoms with van der Waals surface area (Å²) in [5, 5.41) is 37.8. The summed E-state index contributed by atoms with van der Waals surface area (Å²) in [7, 11) is 1.81. The second kappa shape index (κ2) is 8.74. The maximum Gasteiger partial charge on any atom is 0.293 e. The molecule has 4 rings (SSSR count). The third-order valence-corrected chi connectivity index (χ3v) is 5.17. The molecule has 0 aliphatic carbocycles. The van der Waals surface area contributed by atoms with E-state index in [-0.39, 0.29) is 17.2 Å². The van der Waals surface area contributed by atoms with E-state index in [9.17, 15) is 9.90 Å². The number of nitrogens with one attached hydrogen (secondary N) is 1. The number of aromatic hydroxyl groups is 1. The van der Waals surface area contributed by atoms with Crippen LogP contribution in [0.4, 0.5) is 0 Å². The first-order valence-electron chi connectivity index (χ1n) is 8.87. The molecular weight excluding hydrogens is 424 g/mol. The van der Waals surface area contributed by atoms with Crippen molar-refractivity contribution < 1.29 is 14.5 Å². The zero-order chi connectivity index (χ0) is 21.8. The molecule has 0 aliphatic rings. The number of nitrogens with zero attached hydrogens (tertiary/aromatic N) is 9. The van der Waals surface area contributed by atoms with Gasteiger partial charge in [-0.1, -0.05) is 34.3 Å². The highest BCUT2D eigenvalue weighted by Crippen LogP contribution is 2.23. The number of hydrazone groups is 1. The average Bonchev–Trinajstić information content (AvgIpc) is 3.47. The smallest absolute Gasteiger partial charge is 0.293 e. The fourth-order valence-electron chi connectivity index (χ4n) is 2.54. The van der Waals surface area contributed by atoms with Crippen molar-refractivity contribution in [2.45, 2.75) is 17.8 Å². The Kier molecular flexibility index (Phi) is 5.70. The van der Waals surface area contributed by atoms with E-state index < -0.39 is 5.91 Å². The molecule has 13 nitrogen and oxygen atoms in total. The Morgan fingerprint density at radius 1 is 1.32 bits per heavy atom. The summed E-state index contributed by atoms with van der Waals surface area (Å²) in [5.74, 6) is 0.0669. The first-order chi connectivity index (χ1) is 15.0. The van der Waals surface area contributed by atoms with Gasteiger partial charge in [-0.2, -0.15) is 9.78 Å². The number of hydrogen-bond donors (Lipinski definition) is 2. The van der Waals surface area contributed by atoms with Gasteiger partial charge in [-0.25, -0.2) is 10.1 Å². The Labute approximate surface area is 179 Å². The number of carbonyl (C=O) groups excluding carboxylic acids is 1. The van der Waals surface area contributed by atoms with Crippen LogP contribution in [0.1, 0.15) is 27.4 Å². The van der Waals surface area contributed by atoms with Crippen molar-refractivity contribution in [1.29, 1.82) is 0 Å². The highest BCUT2D eigenvalue weighted by Gasteiger charge is 2.24. The number of para-hydroxylation sites is 1. The third-order valence-electron chi connectivity index (χ3n) is 4.12. The van der Waals surface area contributed by atoms with Gasteiger partial charge < -0.3 is 9.67 Å². The molecule has 0 unspecified atom stereocenters. The SMILES string of the molecule is Cc1nonc1-n1nnc(C(=O)N/N=C/c2ccccc2O)c1CSc1nncn1C. The number of carbonyl (C=O) groups is 1. The molecule has 1 amide bonds. The Morgan fingerprint density at radius 3 is 2.87 bits per heavy atom. The lowest BCUT2D eigenvalue weighted by Gasteiger charge is -2.05. The normalized spacial score (nSPS) is 11.3. The predicted octanol–water partition coefficient (Wildman–Crippen LogP) is 0.849. The van der Waals surface area contributed by atoms with Crippen molar-refractivity contribution >= 4 is 23.9 Å². The maximum atomic E-state index is 12.7. The van der Waals surface area contributed by atoms with Crippen LogP contribution in [0, 0.1) is 6.92 Å². The first-order valence-corrected chi connectivity index (χ1v) is 9.85. The number of thioether (sulfide) groups is 1. The maximum absolute atomic E-state index is 12.7. The molecule has 4 aromatic rings. The number of phenols is 1. The molecule has 0 fully saturated rings. The van der Waals surface area contributed by atoms with Crippen molar-refractivity contribution in [2.75, 3.05) is 0 Å². The van der Waals surface area contributed by atoms with Crippen LogP contribution in [0.5, 0.6) is 5.75 Å². The van der Waals surface area contributed by atoms with Gasteiger partial charge in [0.2, 0.25) is 5.82 Å². The number of aryl methyl sites for hydroxylation is 2. The van der Waals surface area contributed by atoms with E-state index in [0.29, 0.717) is 27.9 Å². The summed E-state index contributed by atoms with van der Waals surface area (Å²) in [4.78, 5) is 12.7. The van der Waals surface area contributed by atoms with Crippen LogP contribution in [0.2, 0.25) is 0 Å². The van der Waals surface area contributed by atoms with Gasteiger partial charge in [0, 0.05) is 18.4 Å². The molecule has 3 heterocycles. The summed E-state index contributed by atoms with van der Waals surface area (Å²) >= 11 is 1.34. The predicted molar refractivity (Wildman–Crippen MR) is 108 cm³/mol. The second-order valence-electron chi connectivity index (χ2n) is 6.24. The Hall–Kier alpha value is -4.07. The van der Waals surface area contributed by atoms with Crippen molar-refractivity contribution in [3.8, 4) is 11.6 Å². The zero-order valence-corrected chi connectivity index (χ0v) is 17.2. The number of hydrogen-bond acceptors (Lipinski definition) is 11.